The van der Waals surface area contributed by atoms with Gasteiger partial charge in [-0.2, -0.15) is 0 Å². The summed E-state index contributed by atoms with van der Waals surface area (Å²) in [6.07, 6.45) is 0.977. The minimum absolute atomic E-state index is 0.0381. The van der Waals surface area contributed by atoms with Crippen molar-refractivity contribution in [2.24, 2.45) is 11.7 Å². The molecule has 15 heavy (non-hydrogen) atoms. The number of nitrogens with zero attached hydrogens (tertiary/aromatic N) is 1. The summed E-state index contributed by atoms with van der Waals surface area (Å²) in [5.41, 5.74) is 8.38. The van der Waals surface area contributed by atoms with Crippen LogP contribution < -0.4 is 5.73 Å². The number of hydrogen-bond donors (Lipinski definition) is 2. The SMILES string of the molecule is Cc1[nH]c(C(N)CC(C)C)nc1C(C)C. The Morgan fingerprint density at radius 1 is 1.27 bits per heavy atom. The second-order valence-electron chi connectivity index (χ2n) is 5.02. The van der Waals surface area contributed by atoms with Crippen LogP contribution in [0.4, 0.5) is 0 Å². The van der Waals surface area contributed by atoms with Crippen LogP contribution >= 0.6 is 0 Å². The maximum absolute atomic E-state index is 6.08. The van der Waals surface area contributed by atoms with Crippen molar-refractivity contribution >= 4 is 0 Å². The van der Waals surface area contributed by atoms with Crippen LogP contribution in [0, 0.1) is 12.8 Å². The average Bonchev–Trinajstić information content (AvgIpc) is 2.46. The van der Waals surface area contributed by atoms with E-state index in [0.717, 1.165) is 23.6 Å². The molecular weight excluding hydrogens is 186 g/mol. The normalized spacial score (nSPS) is 13.9. The molecule has 3 N–H and O–H groups in total. The second-order valence-corrected chi connectivity index (χ2v) is 5.02. The fraction of sp³-hybridized carbons (Fsp3) is 0.750. The van der Waals surface area contributed by atoms with Crippen molar-refractivity contribution in [3.05, 3.63) is 17.2 Å². The molecule has 0 radical (unpaired) electrons. The zero-order valence-electron chi connectivity index (χ0n) is 10.5. The Balaban J connectivity index is 2.82. The van der Waals surface area contributed by atoms with Crippen molar-refractivity contribution < 1.29 is 0 Å². The summed E-state index contributed by atoms with van der Waals surface area (Å²) in [5.74, 6) is 2.00. The van der Waals surface area contributed by atoms with E-state index in [9.17, 15) is 0 Å². The monoisotopic (exact) mass is 209 g/mol. The van der Waals surface area contributed by atoms with Crippen LogP contribution in [0.5, 0.6) is 0 Å². The van der Waals surface area contributed by atoms with Gasteiger partial charge in [-0.3, -0.25) is 0 Å². The maximum Gasteiger partial charge on any atom is 0.123 e. The molecule has 0 aliphatic heterocycles. The fourth-order valence-corrected chi connectivity index (χ4v) is 1.85. The number of nitrogens with two attached hydrogens (primary N) is 1. The first-order chi connectivity index (χ1) is 6.91. The lowest BCUT2D eigenvalue weighted by Gasteiger charge is -2.10. The Kier molecular flexibility index (Phi) is 3.91. The molecule has 3 heteroatoms. The second kappa shape index (κ2) is 4.79. The third-order valence-corrected chi connectivity index (χ3v) is 2.56. The van der Waals surface area contributed by atoms with Crippen LogP contribution in [0.2, 0.25) is 0 Å². The van der Waals surface area contributed by atoms with Crippen molar-refractivity contribution in [1.29, 1.82) is 0 Å². The summed E-state index contributed by atoms with van der Waals surface area (Å²) >= 11 is 0. The number of rotatable bonds is 4. The van der Waals surface area contributed by atoms with Gasteiger partial charge in [0.2, 0.25) is 0 Å². The first-order valence-corrected chi connectivity index (χ1v) is 5.73. The molecule has 1 unspecified atom stereocenters. The third-order valence-electron chi connectivity index (χ3n) is 2.56. The van der Waals surface area contributed by atoms with Gasteiger partial charge in [0, 0.05) is 5.69 Å². The highest BCUT2D eigenvalue weighted by molar-refractivity contribution is 5.17. The lowest BCUT2D eigenvalue weighted by Crippen LogP contribution is -2.14. The standard InChI is InChI=1S/C12H23N3/c1-7(2)6-10(13)12-14-9(5)11(15-12)8(3)4/h7-8,10H,6,13H2,1-5H3,(H,14,15). The molecule has 0 aromatic carbocycles. The topological polar surface area (TPSA) is 54.7 Å². The van der Waals surface area contributed by atoms with E-state index in [1.54, 1.807) is 0 Å². The number of imidazole rings is 1. The van der Waals surface area contributed by atoms with Crippen LogP contribution in [0.25, 0.3) is 0 Å². The molecule has 0 saturated heterocycles. The molecule has 1 heterocycles. The minimum Gasteiger partial charge on any atom is -0.345 e. The molecular formula is C12H23N3. The summed E-state index contributed by atoms with van der Waals surface area (Å²) < 4.78 is 0. The lowest BCUT2D eigenvalue weighted by atomic mass is 10.0. The smallest absolute Gasteiger partial charge is 0.123 e. The lowest BCUT2D eigenvalue weighted by molar-refractivity contribution is 0.495. The Bertz CT molecular complexity index is 313. The molecule has 0 aliphatic rings. The Hall–Kier alpha value is -0.830. The van der Waals surface area contributed by atoms with Gasteiger partial charge >= 0.3 is 0 Å². The predicted molar refractivity (Wildman–Crippen MR) is 63.8 cm³/mol. The molecule has 3 nitrogen and oxygen atoms in total. The van der Waals surface area contributed by atoms with Gasteiger partial charge in [0.15, 0.2) is 0 Å². The van der Waals surface area contributed by atoms with Crippen molar-refractivity contribution in [3.8, 4) is 0 Å². The Morgan fingerprint density at radius 2 is 1.87 bits per heavy atom. The third kappa shape index (κ3) is 3.06. The van der Waals surface area contributed by atoms with Crippen molar-refractivity contribution in [3.63, 3.8) is 0 Å². The first kappa shape index (κ1) is 12.2. The van der Waals surface area contributed by atoms with E-state index >= 15 is 0 Å². The highest BCUT2D eigenvalue weighted by atomic mass is 15.0. The number of H-pyrrole nitrogens is 1. The Morgan fingerprint density at radius 3 is 2.27 bits per heavy atom. The van der Waals surface area contributed by atoms with Gasteiger partial charge in [-0.1, -0.05) is 27.7 Å². The van der Waals surface area contributed by atoms with E-state index in [1.165, 1.54) is 0 Å². The number of hydrogen-bond acceptors (Lipinski definition) is 2. The van der Waals surface area contributed by atoms with Gasteiger partial charge < -0.3 is 10.7 Å². The van der Waals surface area contributed by atoms with E-state index in [4.69, 9.17) is 5.73 Å². The van der Waals surface area contributed by atoms with Crippen molar-refractivity contribution in [2.45, 2.75) is 53.0 Å². The maximum atomic E-state index is 6.08. The molecule has 0 bridgehead atoms. The van der Waals surface area contributed by atoms with Crippen LogP contribution in [-0.2, 0) is 0 Å². The summed E-state index contributed by atoms with van der Waals surface area (Å²) in [4.78, 5) is 7.88. The highest BCUT2D eigenvalue weighted by Gasteiger charge is 2.15. The minimum atomic E-state index is 0.0381. The van der Waals surface area contributed by atoms with Crippen LogP contribution in [0.3, 0.4) is 0 Å². The van der Waals surface area contributed by atoms with Crippen molar-refractivity contribution in [1.82, 2.24) is 9.97 Å². The molecule has 0 aliphatic carbocycles. The van der Waals surface area contributed by atoms with E-state index in [1.807, 2.05) is 0 Å². The molecule has 1 aromatic rings. The summed E-state index contributed by atoms with van der Waals surface area (Å²) in [7, 11) is 0. The highest BCUT2D eigenvalue weighted by Crippen LogP contribution is 2.21. The van der Waals surface area contributed by atoms with E-state index < -0.39 is 0 Å². The molecule has 86 valence electrons. The fourth-order valence-electron chi connectivity index (χ4n) is 1.85. The average molecular weight is 209 g/mol. The zero-order valence-corrected chi connectivity index (χ0v) is 10.5. The number of aryl methyl sites for hydroxylation is 1. The predicted octanol–water partition coefficient (Wildman–Crippen LogP) is 2.89. The van der Waals surface area contributed by atoms with E-state index in [-0.39, 0.29) is 6.04 Å². The van der Waals surface area contributed by atoms with Crippen LogP contribution in [0.1, 0.15) is 63.3 Å². The summed E-state index contributed by atoms with van der Waals surface area (Å²) in [6, 6.07) is 0.0381. The Labute approximate surface area is 92.5 Å². The summed E-state index contributed by atoms with van der Waals surface area (Å²) in [5, 5.41) is 0. The number of aromatic amines is 1. The number of nitrogens with one attached hydrogen (secondary N) is 1. The number of aromatic nitrogens is 2. The van der Waals surface area contributed by atoms with Gasteiger partial charge in [-0.15, -0.1) is 0 Å². The molecule has 0 fully saturated rings. The first-order valence-electron chi connectivity index (χ1n) is 5.73. The quantitative estimate of drug-likeness (QED) is 0.801. The molecule has 1 atom stereocenters. The molecule has 0 saturated carbocycles. The largest absolute Gasteiger partial charge is 0.345 e. The van der Waals surface area contributed by atoms with Gasteiger partial charge in [-0.05, 0) is 25.2 Å². The molecule has 0 amide bonds. The molecule has 1 rings (SSSR count). The van der Waals surface area contributed by atoms with Crippen LogP contribution in [0.15, 0.2) is 0 Å². The van der Waals surface area contributed by atoms with Gasteiger partial charge in [0.25, 0.3) is 0 Å². The van der Waals surface area contributed by atoms with Gasteiger partial charge in [0.1, 0.15) is 5.82 Å². The summed E-state index contributed by atoms with van der Waals surface area (Å²) in [6.45, 7) is 10.7. The molecule has 0 spiro atoms. The molecule has 1 aromatic heterocycles. The van der Waals surface area contributed by atoms with Gasteiger partial charge in [-0.25, -0.2) is 4.98 Å². The zero-order chi connectivity index (χ0) is 11.6. The van der Waals surface area contributed by atoms with Crippen molar-refractivity contribution in [2.75, 3.05) is 0 Å². The van der Waals surface area contributed by atoms with E-state index in [0.29, 0.717) is 11.8 Å². The van der Waals surface area contributed by atoms with Crippen LogP contribution in [-0.4, -0.2) is 9.97 Å². The van der Waals surface area contributed by atoms with Gasteiger partial charge in [0.05, 0.1) is 11.7 Å². The van der Waals surface area contributed by atoms with E-state index in [2.05, 4.69) is 44.6 Å².